The molecule has 0 aromatic carbocycles. The Bertz CT molecular complexity index is 389. The van der Waals surface area contributed by atoms with Crippen molar-refractivity contribution in [3.63, 3.8) is 0 Å². The Morgan fingerprint density at radius 3 is 2.56 bits per heavy atom. The Kier molecular flexibility index (Phi) is 3.77. The van der Waals surface area contributed by atoms with Crippen molar-refractivity contribution in [2.75, 3.05) is 18.5 Å². The molecule has 6 heteroatoms. The Morgan fingerprint density at radius 2 is 2.06 bits per heavy atom. The molecule has 0 radical (unpaired) electrons. The quantitative estimate of drug-likeness (QED) is 0.738. The number of likely N-dealkylation sites (N-methyl/N-ethyl adjacent to an activating group) is 1. The van der Waals surface area contributed by atoms with Crippen LogP contribution < -0.4 is 10.6 Å². The molecule has 1 rings (SSSR count). The molecule has 5 nitrogen and oxygen atoms in total. The van der Waals surface area contributed by atoms with Crippen molar-refractivity contribution < 1.29 is 5.11 Å². The molecule has 16 heavy (non-hydrogen) atoms. The molecular formula is C10H16N4OS. The van der Waals surface area contributed by atoms with Crippen LogP contribution in [0.1, 0.15) is 19.5 Å². The van der Waals surface area contributed by atoms with Gasteiger partial charge in [0, 0.05) is 26.0 Å². The summed E-state index contributed by atoms with van der Waals surface area (Å²) >= 11 is 4.90. The van der Waals surface area contributed by atoms with Crippen molar-refractivity contribution in [1.82, 2.24) is 9.97 Å². The Hall–Kier alpha value is -1.27. The van der Waals surface area contributed by atoms with Gasteiger partial charge in [-0.2, -0.15) is 0 Å². The number of thiocarbonyl (C=S) groups is 1. The number of rotatable bonds is 4. The van der Waals surface area contributed by atoms with Gasteiger partial charge in [-0.25, -0.2) is 9.97 Å². The van der Waals surface area contributed by atoms with E-state index in [9.17, 15) is 5.11 Å². The van der Waals surface area contributed by atoms with Crippen LogP contribution in [-0.4, -0.2) is 39.3 Å². The van der Waals surface area contributed by atoms with E-state index in [2.05, 4.69) is 9.97 Å². The summed E-state index contributed by atoms with van der Waals surface area (Å²) in [5.41, 5.74) is 5.21. The normalized spacial score (nSPS) is 11.2. The van der Waals surface area contributed by atoms with E-state index in [1.807, 2.05) is 7.05 Å². The monoisotopic (exact) mass is 240 g/mol. The number of nitrogens with zero attached hydrogens (tertiary/aromatic N) is 3. The predicted molar refractivity (Wildman–Crippen MR) is 67.5 cm³/mol. The SMILES string of the molecule is CN(CC(C)(C)O)c1nccnc1C(N)=S. The van der Waals surface area contributed by atoms with E-state index < -0.39 is 5.60 Å². The van der Waals surface area contributed by atoms with Crippen LogP contribution in [0.3, 0.4) is 0 Å². The van der Waals surface area contributed by atoms with Crippen molar-refractivity contribution in [3.05, 3.63) is 18.1 Å². The maximum Gasteiger partial charge on any atom is 0.157 e. The minimum atomic E-state index is -0.820. The van der Waals surface area contributed by atoms with Gasteiger partial charge in [0.1, 0.15) is 10.7 Å². The molecule has 88 valence electrons. The molecule has 0 amide bonds. The van der Waals surface area contributed by atoms with Crippen molar-refractivity contribution in [2.24, 2.45) is 5.73 Å². The van der Waals surface area contributed by atoms with E-state index >= 15 is 0 Å². The highest BCUT2D eigenvalue weighted by molar-refractivity contribution is 7.80. The van der Waals surface area contributed by atoms with Crippen LogP contribution >= 0.6 is 12.2 Å². The first kappa shape index (κ1) is 12.8. The second-order valence-corrected chi connectivity index (χ2v) is 4.70. The second kappa shape index (κ2) is 4.71. The Labute approximate surface area is 100 Å². The molecular weight excluding hydrogens is 224 g/mol. The van der Waals surface area contributed by atoms with Crippen LogP contribution in [-0.2, 0) is 0 Å². The predicted octanol–water partition coefficient (Wildman–Crippen LogP) is 0.318. The van der Waals surface area contributed by atoms with E-state index in [-0.39, 0.29) is 4.99 Å². The minimum Gasteiger partial charge on any atom is -0.389 e. The summed E-state index contributed by atoms with van der Waals surface area (Å²) in [6.07, 6.45) is 3.11. The van der Waals surface area contributed by atoms with Crippen molar-refractivity contribution >= 4 is 23.0 Å². The first-order chi connectivity index (χ1) is 7.31. The van der Waals surface area contributed by atoms with Crippen LogP contribution in [0.15, 0.2) is 12.4 Å². The summed E-state index contributed by atoms with van der Waals surface area (Å²) in [4.78, 5) is 10.2. The van der Waals surface area contributed by atoms with Gasteiger partial charge in [0.05, 0.1) is 5.60 Å². The van der Waals surface area contributed by atoms with Gasteiger partial charge in [-0.15, -0.1) is 0 Å². The molecule has 0 fully saturated rings. The summed E-state index contributed by atoms with van der Waals surface area (Å²) in [5.74, 6) is 0.581. The second-order valence-electron chi connectivity index (χ2n) is 4.26. The highest BCUT2D eigenvalue weighted by atomic mass is 32.1. The van der Waals surface area contributed by atoms with Crippen molar-refractivity contribution in [1.29, 1.82) is 0 Å². The Balaban J connectivity index is 2.99. The molecule has 1 aromatic rings. The van der Waals surface area contributed by atoms with Crippen LogP contribution in [0.25, 0.3) is 0 Å². The number of aromatic nitrogens is 2. The fraction of sp³-hybridized carbons (Fsp3) is 0.500. The third kappa shape index (κ3) is 3.39. The first-order valence-electron chi connectivity index (χ1n) is 4.85. The number of hydrogen-bond donors (Lipinski definition) is 2. The van der Waals surface area contributed by atoms with Gasteiger partial charge < -0.3 is 15.7 Å². The summed E-state index contributed by atoms with van der Waals surface area (Å²) in [6, 6.07) is 0. The van der Waals surface area contributed by atoms with E-state index in [1.165, 1.54) is 6.20 Å². The number of aliphatic hydroxyl groups is 1. The van der Waals surface area contributed by atoms with Gasteiger partial charge in [0.2, 0.25) is 0 Å². The zero-order valence-corrected chi connectivity index (χ0v) is 10.5. The largest absolute Gasteiger partial charge is 0.389 e. The maximum atomic E-state index is 9.72. The van der Waals surface area contributed by atoms with Gasteiger partial charge in [-0.1, -0.05) is 12.2 Å². The molecule has 0 aliphatic carbocycles. The number of hydrogen-bond acceptors (Lipinski definition) is 5. The van der Waals surface area contributed by atoms with Gasteiger partial charge in [-0.3, -0.25) is 0 Å². The van der Waals surface area contributed by atoms with E-state index in [0.29, 0.717) is 18.1 Å². The fourth-order valence-electron chi connectivity index (χ4n) is 1.44. The average molecular weight is 240 g/mol. The summed E-state index contributed by atoms with van der Waals surface area (Å²) in [5, 5.41) is 9.72. The smallest absolute Gasteiger partial charge is 0.157 e. The molecule has 3 N–H and O–H groups in total. The molecule has 0 bridgehead atoms. The zero-order valence-electron chi connectivity index (χ0n) is 9.64. The number of anilines is 1. The lowest BCUT2D eigenvalue weighted by Gasteiger charge is -2.27. The molecule has 1 aromatic heterocycles. The lowest BCUT2D eigenvalue weighted by Crippen LogP contribution is -2.37. The maximum absolute atomic E-state index is 9.72. The van der Waals surface area contributed by atoms with Gasteiger partial charge in [0.25, 0.3) is 0 Å². The molecule has 0 spiro atoms. The standard InChI is InChI=1S/C10H16N4OS/c1-10(2,15)6-14(3)9-7(8(11)16)12-4-5-13-9/h4-5,15H,6H2,1-3H3,(H2,11,16). The van der Waals surface area contributed by atoms with Crippen LogP contribution in [0.5, 0.6) is 0 Å². The molecule has 0 saturated heterocycles. The molecule has 0 atom stereocenters. The number of nitrogens with two attached hydrogens (primary N) is 1. The third-order valence-corrected chi connectivity index (χ3v) is 2.09. The lowest BCUT2D eigenvalue weighted by atomic mass is 10.1. The highest BCUT2D eigenvalue weighted by Crippen LogP contribution is 2.15. The molecule has 0 aliphatic rings. The highest BCUT2D eigenvalue weighted by Gasteiger charge is 2.19. The van der Waals surface area contributed by atoms with Crippen LogP contribution in [0, 0.1) is 0 Å². The molecule has 0 saturated carbocycles. The van der Waals surface area contributed by atoms with Crippen LogP contribution in [0.2, 0.25) is 0 Å². The Morgan fingerprint density at radius 1 is 1.50 bits per heavy atom. The average Bonchev–Trinajstić information content (AvgIpc) is 2.15. The minimum absolute atomic E-state index is 0.200. The van der Waals surface area contributed by atoms with Crippen molar-refractivity contribution in [3.8, 4) is 0 Å². The van der Waals surface area contributed by atoms with E-state index in [0.717, 1.165) is 0 Å². The summed E-state index contributed by atoms with van der Waals surface area (Å²) in [7, 11) is 1.81. The van der Waals surface area contributed by atoms with Gasteiger partial charge in [0.15, 0.2) is 5.82 Å². The molecule has 1 heterocycles. The van der Waals surface area contributed by atoms with E-state index in [4.69, 9.17) is 18.0 Å². The topological polar surface area (TPSA) is 75.3 Å². The molecule has 0 aliphatic heterocycles. The summed E-state index contributed by atoms with van der Waals surface area (Å²) < 4.78 is 0. The third-order valence-electron chi connectivity index (χ3n) is 1.90. The first-order valence-corrected chi connectivity index (χ1v) is 5.26. The zero-order chi connectivity index (χ0) is 12.3. The molecule has 0 unspecified atom stereocenters. The fourth-order valence-corrected chi connectivity index (χ4v) is 1.58. The van der Waals surface area contributed by atoms with Gasteiger partial charge >= 0.3 is 0 Å². The van der Waals surface area contributed by atoms with Crippen molar-refractivity contribution in [2.45, 2.75) is 19.4 Å². The van der Waals surface area contributed by atoms with Gasteiger partial charge in [-0.05, 0) is 13.8 Å². The summed E-state index contributed by atoms with van der Waals surface area (Å²) in [6.45, 7) is 3.86. The van der Waals surface area contributed by atoms with E-state index in [1.54, 1.807) is 24.9 Å². The lowest BCUT2D eigenvalue weighted by molar-refractivity contribution is 0.0884. The van der Waals surface area contributed by atoms with Crippen LogP contribution in [0.4, 0.5) is 5.82 Å².